The van der Waals surface area contributed by atoms with Crippen molar-refractivity contribution in [3.63, 3.8) is 0 Å². The van der Waals surface area contributed by atoms with Crippen molar-refractivity contribution in [2.45, 2.75) is 37.0 Å². The highest BCUT2D eigenvalue weighted by atomic mass is 19.1. The van der Waals surface area contributed by atoms with E-state index in [1.807, 2.05) is 0 Å². The van der Waals surface area contributed by atoms with Crippen LogP contribution in [0.5, 0.6) is 0 Å². The Bertz CT molecular complexity index is 1260. The first-order chi connectivity index (χ1) is 19.2. The molecule has 40 heavy (non-hydrogen) atoms. The Morgan fingerprint density at radius 2 is 1.60 bits per heavy atom. The van der Waals surface area contributed by atoms with Gasteiger partial charge >= 0.3 is 6.09 Å². The molecule has 2 aromatic carbocycles. The number of carbonyl (C=O) groups excluding carboxylic acids is 2. The third-order valence-corrected chi connectivity index (χ3v) is 6.64. The quantitative estimate of drug-likeness (QED) is 0.300. The summed E-state index contributed by atoms with van der Waals surface area (Å²) in [5.41, 5.74) is 12.9. The van der Waals surface area contributed by atoms with Crippen LogP contribution in [0.3, 0.4) is 0 Å². The normalized spacial score (nSPS) is 17.8. The minimum atomic E-state index is -1.19. The molecular weight excluding hydrogens is 527 g/mol. The van der Waals surface area contributed by atoms with Gasteiger partial charge in [0.1, 0.15) is 30.2 Å². The first kappa shape index (κ1) is 29.0. The van der Waals surface area contributed by atoms with E-state index < -0.39 is 47.5 Å². The predicted molar refractivity (Wildman–Crippen MR) is 141 cm³/mol. The lowest BCUT2D eigenvalue weighted by atomic mass is 9.85. The SMILES string of the molecule is NC(=O)OCC1CNCC(CCc2c(F)cncc2NC(=O)C(N)C(c2ccc(F)cc2)c2ccc(F)cc2)O1. The number of ether oxygens (including phenoxy) is 2. The highest BCUT2D eigenvalue weighted by molar-refractivity contribution is 5.96. The minimum absolute atomic E-state index is 0.00900. The van der Waals surface area contributed by atoms with Crippen LogP contribution in [0, 0.1) is 17.5 Å². The number of anilines is 1. The Kier molecular flexibility index (Phi) is 9.70. The van der Waals surface area contributed by atoms with Crippen LogP contribution in [0.15, 0.2) is 60.9 Å². The maximum atomic E-state index is 14.9. The maximum absolute atomic E-state index is 14.9. The number of halogens is 3. The summed E-state index contributed by atoms with van der Waals surface area (Å²) in [6.45, 7) is 0.962. The Morgan fingerprint density at radius 1 is 1.00 bits per heavy atom. The van der Waals surface area contributed by atoms with Crippen LogP contribution in [-0.2, 0) is 20.7 Å². The number of pyridine rings is 1. The van der Waals surface area contributed by atoms with E-state index in [2.05, 4.69) is 15.6 Å². The standard InChI is InChI=1S/C28H30F3N5O4/c29-18-5-1-16(2-6-18)25(17-3-7-19(30)8-4-17)26(32)27(37)36-24-14-35-13-23(31)22(24)10-9-20-11-34-12-21(40-20)15-39-28(33)38/h1-8,13-14,20-21,25-26,34H,9-12,15,32H2,(H2,33,38)(H,36,37). The smallest absolute Gasteiger partial charge is 0.404 e. The summed E-state index contributed by atoms with van der Waals surface area (Å²) in [6.07, 6.45) is 1.36. The zero-order valence-electron chi connectivity index (χ0n) is 21.5. The number of nitrogens with two attached hydrogens (primary N) is 2. The Hall–Kier alpha value is -4.00. The second-order valence-corrected chi connectivity index (χ2v) is 9.45. The Balaban J connectivity index is 1.48. The lowest BCUT2D eigenvalue weighted by Crippen LogP contribution is -2.47. The Labute approximate surface area is 229 Å². The monoisotopic (exact) mass is 557 g/mol. The first-order valence-corrected chi connectivity index (χ1v) is 12.7. The summed E-state index contributed by atoms with van der Waals surface area (Å²) < 4.78 is 52.8. The first-order valence-electron chi connectivity index (χ1n) is 12.7. The van der Waals surface area contributed by atoms with Crippen molar-refractivity contribution in [1.29, 1.82) is 0 Å². The number of benzene rings is 2. The molecule has 1 saturated heterocycles. The van der Waals surface area contributed by atoms with Gasteiger partial charge in [0.15, 0.2) is 0 Å². The molecule has 1 aliphatic heterocycles. The average molecular weight is 558 g/mol. The fourth-order valence-electron chi connectivity index (χ4n) is 4.66. The summed E-state index contributed by atoms with van der Waals surface area (Å²) in [5.74, 6) is -2.91. The molecule has 212 valence electrons. The molecular formula is C28H30F3N5O4. The second-order valence-electron chi connectivity index (χ2n) is 9.45. The molecule has 0 spiro atoms. The van der Waals surface area contributed by atoms with E-state index in [1.54, 1.807) is 0 Å². The molecule has 1 aliphatic rings. The van der Waals surface area contributed by atoms with Gasteiger partial charge in [0.2, 0.25) is 5.91 Å². The molecule has 2 heterocycles. The molecule has 0 saturated carbocycles. The van der Waals surface area contributed by atoms with Gasteiger partial charge in [-0.25, -0.2) is 18.0 Å². The lowest BCUT2D eigenvalue weighted by Gasteiger charge is -2.30. The van der Waals surface area contributed by atoms with Crippen LogP contribution >= 0.6 is 0 Å². The second kappa shape index (κ2) is 13.4. The Morgan fingerprint density at radius 3 is 2.20 bits per heavy atom. The molecule has 2 amide bonds. The summed E-state index contributed by atoms with van der Waals surface area (Å²) >= 11 is 0. The number of amides is 2. The van der Waals surface area contributed by atoms with Crippen molar-refractivity contribution >= 4 is 17.7 Å². The number of aromatic nitrogens is 1. The average Bonchev–Trinajstić information content (AvgIpc) is 2.94. The fourth-order valence-corrected chi connectivity index (χ4v) is 4.66. The predicted octanol–water partition coefficient (Wildman–Crippen LogP) is 2.98. The number of morpholine rings is 1. The van der Waals surface area contributed by atoms with Crippen LogP contribution in [0.2, 0.25) is 0 Å². The highest BCUT2D eigenvalue weighted by Gasteiger charge is 2.29. The van der Waals surface area contributed by atoms with Gasteiger partial charge in [-0.3, -0.25) is 9.78 Å². The summed E-state index contributed by atoms with van der Waals surface area (Å²) in [4.78, 5) is 28.1. The molecule has 3 atom stereocenters. The fraction of sp³-hybridized carbons (Fsp3) is 0.321. The summed E-state index contributed by atoms with van der Waals surface area (Å²) in [7, 11) is 0. The van der Waals surface area contributed by atoms with Crippen LogP contribution in [0.25, 0.3) is 0 Å². The maximum Gasteiger partial charge on any atom is 0.404 e. The number of rotatable bonds is 10. The largest absolute Gasteiger partial charge is 0.447 e. The van der Waals surface area contributed by atoms with Crippen molar-refractivity contribution in [1.82, 2.24) is 10.3 Å². The van der Waals surface area contributed by atoms with Gasteiger partial charge < -0.3 is 31.6 Å². The molecule has 1 aromatic heterocycles. The van der Waals surface area contributed by atoms with Gasteiger partial charge in [-0.15, -0.1) is 0 Å². The molecule has 9 nitrogen and oxygen atoms in total. The summed E-state index contributed by atoms with van der Waals surface area (Å²) in [6, 6.07) is 9.82. The van der Waals surface area contributed by atoms with E-state index in [1.165, 1.54) is 54.7 Å². The van der Waals surface area contributed by atoms with Gasteiger partial charge in [-0.2, -0.15) is 0 Å². The number of carbonyl (C=O) groups is 2. The molecule has 6 N–H and O–H groups in total. The number of nitrogens with zero attached hydrogens (tertiary/aromatic N) is 1. The highest BCUT2D eigenvalue weighted by Crippen LogP contribution is 2.29. The minimum Gasteiger partial charge on any atom is -0.447 e. The van der Waals surface area contributed by atoms with Crippen molar-refractivity contribution in [3.05, 3.63) is 95.1 Å². The number of primary amides is 1. The van der Waals surface area contributed by atoms with Crippen molar-refractivity contribution in [2.75, 3.05) is 25.0 Å². The van der Waals surface area contributed by atoms with Crippen LogP contribution < -0.4 is 22.1 Å². The molecule has 3 aromatic rings. The van der Waals surface area contributed by atoms with Gasteiger partial charge in [0.25, 0.3) is 0 Å². The summed E-state index contributed by atoms with van der Waals surface area (Å²) in [5, 5.41) is 5.86. The number of hydrogen-bond acceptors (Lipinski definition) is 7. The molecule has 12 heteroatoms. The van der Waals surface area contributed by atoms with Crippen LogP contribution in [0.4, 0.5) is 23.7 Å². The van der Waals surface area contributed by atoms with Gasteiger partial charge in [0, 0.05) is 24.6 Å². The van der Waals surface area contributed by atoms with E-state index in [0.29, 0.717) is 30.6 Å². The molecule has 3 unspecified atom stereocenters. The topological polar surface area (TPSA) is 142 Å². The molecule has 0 aliphatic carbocycles. The van der Waals surface area contributed by atoms with Crippen LogP contribution in [-0.4, -0.2) is 54.9 Å². The van der Waals surface area contributed by atoms with Gasteiger partial charge in [-0.05, 0) is 48.2 Å². The van der Waals surface area contributed by atoms with Crippen LogP contribution in [0.1, 0.15) is 29.0 Å². The van der Waals surface area contributed by atoms with Gasteiger partial charge in [-0.1, -0.05) is 24.3 Å². The van der Waals surface area contributed by atoms with Gasteiger partial charge in [0.05, 0.1) is 30.2 Å². The third kappa shape index (κ3) is 7.56. The molecule has 1 fully saturated rings. The van der Waals surface area contributed by atoms with E-state index in [-0.39, 0.29) is 30.4 Å². The number of hydrogen-bond donors (Lipinski definition) is 4. The molecule has 4 rings (SSSR count). The van der Waals surface area contributed by atoms with E-state index in [9.17, 15) is 22.8 Å². The zero-order chi connectivity index (χ0) is 28.6. The van der Waals surface area contributed by atoms with E-state index >= 15 is 0 Å². The van der Waals surface area contributed by atoms with Crippen molar-refractivity contribution in [2.24, 2.45) is 11.5 Å². The van der Waals surface area contributed by atoms with E-state index in [4.69, 9.17) is 20.9 Å². The van der Waals surface area contributed by atoms with Crippen molar-refractivity contribution in [3.8, 4) is 0 Å². The third-order valence-electron chi connectivity index (χ3n) is 6.64. The molecule has 0 bridgehead atoms. The molecule has 0 radical (unpaired) electrons. The number of nitrogens with one attached hydrogen (secondary N) is 2. The zero-order valence-corrected chi connectivity index (χ0v) is 21.5. The van der Waals surface area contributed by atoms with E-state index in [0.717, 1.165) is 6.20 Å². The van der Waals surface area contributed by atoms with Crippen molar-refractivity contribution < 1.29 is 32.2 Å². The lowest BCUT2D eigenvalue weighted by molar-refractivity contribution is -0.117.